The van der Waals surface area contributed by atoms with Crippen LogP contribution in [0.25, 0.3) is 5.69 Å². The minimum atomic E-state index is -0.575. The molecular weight excluding hydrogens is 378 g/mol. The number of carbonyl (C=O) groups is 2. The second kappa shape index (κ2) is 8.95. The highest BCUT2D eigenvalue weighted by Gasteiger charge is 2.16. The molecule has 0 radical (unpaired) electrons. The molecule has 6 nitrogen and oxygen atoms in total. The first kappa shape index (κ1) is 19.9. The number of hydrogen-bond acceptors (Lipinski definition) is 4. The smallest absolute Gasteiger partial charge is 0.341 e. The fraction of sp³-hybridized carbons (Fsp3) is 0.292. The largest absolute Gasteiger partial charge is 0.452 e. The van der Waals surface area contributed by atoms with Crippen LogP contribution in [0.5, 0.6) is 0 Å². The van der Waals surface area contributed by atoms with Crippen LogP contribution in [0.15, 0.2) is 60.9 Å². The van der Waals surface area contributed by atoms with Crippen molar-refractivity contribution in [3.05, 3.63) is 83.2 Å². The fourth-order valence-electron chi connectivity index (χ4n) is 3.75. The minimum Gasteiger partial charge on any atom is -0.452 e. The number of carbonyl (C=O) groups excluding carboxylic acids is 2. The summed E-state index contributed by atoms with van der Waals surface area (Å²) in [4.78, 5) is 24.5. The number of benzene rings is 2. The molecule has 1 atom stereocenters. The SMILES string of the molecule is C[C@@H](NC(=O)COC(=O)c1cnn(-c2ccccc2)c1)c1ccc2c(c1)CCCC2. The van der Waals surface area contributed by atoms with E-state index >= 15 is 0 Å². The van der Waals surface area contributed by atoms with Gasteiger partial charge in [-0.2, -0.15) is 5.10 Å². The van der Waals surface area contributed by atoms with Crippen molar-refractivity contribution < 1.29 is 14.3 Å². The van der Waals surface area contributed by atoms with Gasteiger partial charge in [0, 0.05) is 6.20 Å². The first-order valence-electron chi connectivity index (χ1n) is 10.3. The maximum atomic E-state index is 12.3. The number of aryl methyl sites for hydroxylation is 2. The van der Waals surface area contributed by atoms with Gasteiger partial charge in [0.1, 0.15) is 0 Å². The van der Waals surface area contributed by atoms with E-state index in [9.17, 15) is 9.59 Å². The molecule has 6 heteroatoms. The first-order chi connectivity index (χ1) is 14.6. The second-order valence-electron chi connectivity index (χ2n) is 7.61. The Hall–Kier alpha value is -3.41. The Kier molecular flexibility index (Phi) is 5.93. The Balaban J connectivity index is 1.30. The van der Waals surface area contributed by atoms with Crippen molar-refractivity contribution in [3.63, 3.8) is 0 Å². The van der Waals surface area contributed by atoms with Gasteiger partial charge in [0.25, 0.3) is 5.91 Å². The molecule has 3 aromatic rings. The van der Waals surface area contributed by atoms with E-state index in [1.54, 1.807) is 10.9 Å². The van der Waals surface area contributed by atoms with E-state index in [-0.39, 0.29) is 18.6 Å². The highest BCUT2D eigenvalue weighted by molar-refractivity contribution is 5.91. The molecule has 0 aliphatic heterocycles. The third kappa shape index (κ3) is 4.59. The number of para-hydroxylation sites is 1. The van der Waals surface area contributed by atoms with Crippen molar-refractivity contribution in [3.8, 4) is 5.69 Å². The van der Waals surface area contributed by atoms with Crippen molar-refractivity contribution in [2.24, 2.45) is 0 Å². The van der Waals surface area contributed by atoms with Crippen molar-refractivity contribution >= 4 is 11.9 Å². The zero-order valence-electron chi connectivity index (χ0n) is 17.0. The number of ether oxygens (including phenoxy) is 1. The van der Waals surface area contributed by atoms with E-state index in [1.807, 2.05) is 37.3 Å². The summed E-state index contributed by atoms with van der Waals surface area (Å²) >= 11 is 0. The van der Waals surface area contributed by atoms with Crippen LogP contribution in [-0.4, -0.2) is 28.3 Å². The van der Waals surface area contributed by atoms with Crippen molar-refractivity contribution in [2.45, 2.75) is 38.6 Å². The molecule has 1 amide bonds. The Bertz CT molecular complexity index is 1040. The molecule has 0 bridgehead atoms. The average molecular weight is 403 g/mol. The Morgan fingerprint density at radius 1 is 1.10 bits per heavy atom. The van der Waals surface area contributed by atoms with Crippen LogP contribution in [0.4, 0.5) is 0 Å². The molecule has 1 aliphatic rings. The summed E-state index contributed by atoms with van der Waals surface area (Å²) in [5, 5.41) is 7.08. The van der Waals surface area contributed by atoms with Crippen LogP contribution in [0.3, 0.4) is 0 Å². The lowest BCUT2D eigenvalue weighted by Crippen LogP contribution is -2.31. The maximum absolute atomic E-state index is 12.3. The lowest BCUT2D eigenvalue weighted by atomic mass is 9.89. The molecule has 1 heterocycles. The van der Waals surface area contributed by atoms with Crippen LogP contribution >= 0.6 is 0 Å². The van der Waals surface area contributed by atoms with Crippen molar-refractivity contribution in [2.75, 3.05) is 6.61 Å². The third-order valence-electron chi connectivity index (χ3n) is 5.42. The number of nitrogens with zero attached hydrogens (tertiary/aromatic N) is 2. The van der Waals surface area contributed by atoms with Gasteiger partial charge >= 0.3 is 5.97 Å². The topological polar surface area (TPSA) is 73.2 Å². The predicted molar refractivity (Wildman–Crippen MR) is 113 cm³/mol. The zero-order valence-corrected chi connectivity index (χ0v) is 17.0. The molecule has 1 aromatic heterocycles. The molecule has 4 rings (SSSR count). The minimum absolute atomic E-state index is 0.149. The standard InChI is InChI=1S/C24H25N3O3/c1-17(19-12-11-18-7-5-6-8-20(18)13-19)26-23(28)16-30-24(29)21-14-25-27(15-21)22-9-3-2-4-10-22/h2-4,9-15,17H,5-8,16H2,1H3,(H,26,28)/t17-/m1/s1. The van der Waals surface area contributed by atoms with Gasteiger partial charge in [-0.05, 0) is 61.4 Å². The fourth-order valence-corrected chi connectivity index (χ4v) is 3.75. The number of nitrogens with one attached hydrogen (secondary N) is 1. The van der Waals surface area contributed by atoms with Crippen LogP contribution in [0.1, 0.15) is 52.9 Å². The van der Waals surface area contributed by atoms with Crippen LogP contribution in [0.2, 0.25) is 0 Å². The first-order valence-corrected chi connectivity index (χ1v) is 10.3. The lowest BCUT2D eigenvalue weighted by molar-refractivity contribution is -0.124. The van der Waals surface area contributed by atoms with E-state index in [0.29, 0.717) is 5.56 Å². The van der Waals surface area contributed by atoms with E-state index in [0.717, 1.165) is 24.1 Å². The quantitative estimate of drug-likeness (QED) is 0.636. The molecule has 0 fully saturated rings. The summed E-state index contributed by atoms with van der Waals surface area (Å²) in [7, 11) is 0. The lowest BCUT2D eigenvalue weighted by Gasteiger charge is -2.20. The number of hydrogen-bond donors (Lipinski definition) is 1. The maximum Gasteiger partial charge on any atom is 0.341 e. The second-order valence-corrected chi connectivity index (χ2v) is 7.61. The van der Waals surface area contributed by atoms with Gasteiger partial charge < -0.3 is 10.1 Å². The van der Waals surface area contributed by atoms with Gasteiger partial charge in [-0.15, -0.1) is 0 Å². The van der Waals surface area contributed by atoms with Gasteiger partial charge in [-0.25, -0.2) is 9.48 Å². The van der Waals surface area contributed by atoms with Crippen LogP contribution in [0, 0.1) is 0 Å². The summed E-state index contributed by atoms with van der Waals surface area (Å²) in [6.07, 6.45) is 7.71. The van der Waals surface area contributed by atoms with Crippen LogP contribution in [-0.2, 0) is 22.4 Å². The summed E-state index contributed by atoms with van der Waals surface area (Å²) in [6, 6.07) is 15.7. The predicted octanol–water partition coefficient (Wildman–Crippen LogP) is 3.79. The number of amides is 1. The van der Waals surface area contributed by atoms with E-state index in [4.69, 9.17) is 4.74 Å². The van der Waals surface area contributed by atoms with Crippen LogP contribution < -0.4 is 5.32 Å². The molecule has 0 spiro atoms. The summed E-state index contributed by atoms with van der Waals surface area (Å²) in [5.41, 5.74) is 5.00. The molecule has 1 aliphatic carbocycles. The zero-order chi connectivity index (χ0) is 20.9. The summed E-state index contributed by atoms with van der Waals surface area (Å²) in [6.45, 7) is 1.61. The number of aromatic nitrogens is 2. The van der Waals surface area contributed by atoms with Gasteiger partial charge in [-0.3, -0.25) is 4.79 Å². The number of rotatable bonds is 6. The highest BCUT2D eigenvalue weighted by atomic mass is 16.5. The Morgan fingerprint density at radius 3 is 2.67 bits per heavy atom. The van der Waals surface area contributed by atoms with Gasteiger partial charge in [0.2, 0.25) is 0 Å². The normalized spacial score (nSPS) is 13.9. The third-order valence-corrected chi connectivity index (χ3v) is 5.42. The molecule has 2 aromatic carbocycles. The monoisotopic (exact) mass is 403 g/mol. The molecule has 0 saturated heterocycles. The van der Waals surface area contributed by atoms with Gasteiger partial charge in [0.15, 0.2) is 6.61 Å². The Labute approximate surface area is 175 Å². The summed E-state index contributed by atoms with van der Waals surface area (Å²) in [5.74, 6) is -0.905. The van der Waals surface area contributed by atoms with Gasteiger partial charge in [0.05, 0.1) is 23.5 Å². The van der Waals surface area contributed by atoms with Crippen molar-refractivity contribution in [1.82, 2.24) is 15.1 Å². The van der Waals surface area contributed by atoms with Crippen molar-refractivity contribution in [1.29, 1.82) is 0 Å². The molecule has 1 N–H and O–H groups in total. The molecular formula is C24H25N3O3. The van der Waals surface area contributed by atoms with E-state index in [2.05, 4.69) is 28.6 Å². The highest BCUT2D eigenvalue weighted by Crippen LogP contribution is 2.24. The summed E-state index contributed by atoms with van der Waals surface area (Å²) < 4.78 is 6.75. The van der Waals surface area contributed by atoms with E-state index in [1.165, 1.54) is 30.2 Å². The molecule has 0 saturated carbocycles. The van der Waals surface area contributed by atoms with Gasteiger partial charge in [-0.1, -0.05) is 36.4 Å². The Morgan fingerprint density at radius 2 is 1.87 bits per heavy atom. The molecule has 154 valence electrons. The molecule has 30 heavy (non-hydrogen) atoms. The number of fused-ring (bicyclic) bond motifs is 1. The number of esters is 1. The average Bonchev–Trinajstić information content (AvgIpc) is 3.28. The molecule has 0 unspecified atom stereocenters. The van der Waals surface area contributed by atoms with E-state index < -0.39 is 5.97 Å².